The molecule has 144 valence electrons. The SMILES string of the molecule is COc1cccc(S(=O)(=O)c2ccc3c(c2)[C@@H]2CCN(C)CC[C@H]2N3C)c1. The van der Waals surface area contributed by atoms with Crippen molar-refractivity contribution < 1.29 is 13.2 Å². The van der Waals surface area contributed by atoms with Gasteiger partial charge in [-0.1, -0.05) is 6.07 Å². The number of methoxy groups -OCH3 is 1. The molecular weight excluding hydrogens is 360 g/mol. The van der Waals surface area contributed by atoms with E-state index in [1.807, 2.05) is 12.1 Å². The van der Waals surface area contributed by atoms with Crippen LogP contribution < -0.4 is 9.64 Å². The summed E-state index contributed by atoms with van der Waals surface area (Å²) >= 11 is 0. The maximum Gasteiger partial charge on any atom is 0.206 e. The maximum atomic E-state index is 13.2. The molecule has 0 unspecified atom stereocenters. The van der Waals surface area contributed by atoms with Crippen LogP contribution in [0.1, 0.15) is 24.3 Å². The van der Waals surface area contributed by atoms with Gasteiger partial charge in [-0.25, -0.2) is 8.42 Å². The Labute approximate surface area is 161 Å². The van der Waals surface area contributed by atoms with Crippen LogP contribution in [-0.4, -0.2) is 53.7 Å². The number of fused-ring (bicyclic) bond motifs is 3. The average molecular weight is 387 g/mol. The summed E-state index contributed by atoms with van der Waals surface area (Å²) in [5.41, 5.74) is 2.33. The number of benzene rings is 2. The number of anilines is 1. The molecule has 2 atom stereocenters. The largest absolute Gasteiger partial charge is 0.497 e. The Morgan fingerprint density at radius 2 is 1.74 bits per heavy atom. The third kappa shape index (κ3) is 3.11. The Hall–Kier alpha value is -2.05. The molecule has 0 aliphatic carbocycles. The molecule has 0 amide bonds. The molecule has 2 aromatic rings. The minimum absolute atomic E-state index is 0.269. The van der Waals surface area contributed by atoms with Crippen molar-refractivity contribution in [3.63, 3.8) is 0 Å². The lowest BCUT2D eigenvalue weighted by Gasteiger charge is -2.25. The predicted molar refractivity (Wildman–Crippen MR) is 107 cm³/mol. The van der Waals surface area contributed by atoms with E-state index in [-0.39, 0.29) is 4.90 Å². The Kier molecular flexibility index (Phi) is 4.64. The van der Waals surface area contributed by atoms with E-state index in [0.29, 0.717) is 22.6 Å². The highest BCUT2D eigenvalue weighted by molar-refractivity contribution is 7.91. The van der Waals surface area contributed by atoms with Gasteiger partial charge in [0.1, 0.15) is 5.75 Å². The second kappa shape index (κ2) is 6.84. The second-order valence-corrected chi connectivity index (χ2v) is 9.52. The summed E-state index contributed by atoms with van der Waals surface area (Å²) in [6, 6.07) is 12.7. The van der Waals surface area contributed by atoms with E-state index in [0.717, 1.165) is 25.9 Å². The minimum atomic E-state index is -3.58. The number of rotatable bonds is 3. The fraction of sp³-hybridized carbons (Fsp3) is 0.429. The number of hydrogen-bond acceptors (Lipinski definition) is 5. The number of nitrogens with zero attached hydrogens (tertiary/aromatic N) is 2. The van der Waals surface area contributed by atoms with Crippen molar-refractivity contribution in [2.45, 2.75) is 34.6 Å². The van der Waals surface area contributed by atoms with Gasteiger partial charge in [0.2, 0.25) is 9.84 Å². The van der Waals surface area contributed by atoms with Crippen LogP contribution >= 0.6 is 0 Å². The molecule has 0 spiro atoms. The topological polar surface area (TPSA) is 49.9 Å². The minimum Gasteiger partial charge on any atom is -0.497 e. The molecule has 2 aromatic carbocycles. The summed E-state index contributed by atoms with van der Waals surface area (Å²) in [5, 5.41) is 0. The van der Waals surface area contributed by atoms with E-state index in [1.54, 1.807) is 37.4 Å². The molecule has 0 saturated carbocycles. The van der Waals surface area contributed by atoms with Crippen molar-refractivity contribution in [2.75, 3.05) is 39.2 Å². The Bertz CT molecular complexity index is 958. The van der Waals surface area contributed by atoms with Crippen molar-refractivity contribution in [3.05, 3.63) is 48.0 Å². The first-order chi connectivity index (χ1) is 12.9. The molecule has 4 rings (SSSR count). The molecular formula is C21H26N2O3S. The standard InChI is InChI=1S/C21H26N2O3S/c1-22-11-9-18-19-14-17(7-8-20(19)23(2)21(18)10-12-22)27(24,25)16-6-4-5-15(13-16)26-3/h4-8,13-14,18,21H,9-12H2,1-3H3/t18-,21+/m0/s1. The lowest BCUT2D eigenvalue weighted by molar-refractivity contribution is 0.345. The number of likely N-dealkylation sites (tertiary alicyclic amines) is 1. The van der Waals surface area contributed by atoms with E-state index >= 15 is 0 Å². The summed E-state index contributed by atoms with van der Waals surface area (Å²) in [6.45, 7) is 2.12. The van der Waals surface area contributed by atoms with Crippen LogP contribution in [0.5, 0.6) is 5.75 Å². The molecule has 0 N–H and O–H groups in total. The zero-order valence-electron chi connectivity index (χ0n) is 16.1. The first kappa shape index (κ1) is 18.3. The van der Waals surface area contributed by atoms with Crippen LogP contribution in [0.25, 0.3) is 0 Å². The van der Waals surface area contributed by atoms with Gasteiger partial charge in [-0.05, 0) is 74.9 Å². The fourth-order valence-corrected chi connectivity index (χ4v) is 5.78. The van der Waals surface area contributed by atoms with E-state index < -0.39 is 9.84 Å². The van der Waals surface area contributed by atoms with Crippen molar-refractivity contribution in [3.8, 4) is 5.75 Å². The van der Waals surface area contributed by atoms with Gasteiger partial charge in [0.05, 0.1) is 16.9 Å². The van der Waals surface area contributed by atoms with Gasteiger partial charge in [-0.2, -0.15) is 0 Å². The number of ether oxygens (including phenoxy) is 1. The number of sulfone groups is 1. The summed E-state index contributed by atoms with van der Waals surface area (Å²) in [5.74, 6) is 0.930. The molecule has 6 heteroatoms. The lowest BCUT2D eigenvalue weighted by atomic mass is 9.91. The molecule has 2 aliphatic heterocycles. The molecule has 0 radical (unpaired) electrons. The van der Waals surface area contributed by atoms with E-state index in [2.05, 4.69) is 23.9 Å². The van der Waals surface area contributed by atoms with Crippen molar-refractivity contribution in [1.29, 1.82) is 0 Å². The predicted octanol–water partition coefficient (Wildman–Crippen LogP) is 3.16. The lowest BCUT2D eigenvalue weighted by Crippen LogP contribution is -2.31. The van der Waals surface area contributed by atoms with Crippen LogP contribution in [-0.2, 0) is 9.84 Å². The molecule has 2 aliphatic rings. The molecule has 1 saturated heterocycles. The van der Waals surface area contributed by atoms with Crippen molar-refractivity contribution >= 4 is 15.5 Å². The van der Waals surface area contributed by atoms with Crippen LogP contribution in [0.3, 0.4) is 0 Å². The Morgan fingerprint density at radius 1 is 1.00 bits per heavy atom. The van der Waals surface area contributed by atoms with E-state index in [1.165, 1.54) is 11.3 Å². The maximum absolute atomic E-state index is 13.2. The molecule has 27 heavy (non-hydrogen) atoms. The van der Waals surface area contributed by atoms with Gasteiger partial charge < -0.3 is 14.5 Å². The summed E-state index contributed by atoms with van der Waals surface area (Å²) in [7, 11) is 2.25. The monoisotopic (exact) mass is 386 g/mol. The van der Waals surface area contributed by atoms with Gasteiger partial charge in [0, 0.05) is 24.7 Å². The summed E-state index contributed by atoms with van der Waals surface area (Å²) < 4.78 is 31.6. The quantitative estimate of drug-likeness (QED) is 0.811. The molecule has 0 aromatic heterocycles. The second-order valence-electron chi connectivity index (χ2n) is 7.57. The molecule has 0 bridgehead atoms. The zero-order chi connectivity index (χ0) is 19.2. The highest BCUT2D eigenvalue weighted by atomic mass is 32.2. The Balaban J connectivity index is 1.75. The van der Waals surface area contributed by atoms with Crippen LogP contribution in [0, 0.1) is 0 Å². The third-order valence-corrected chi connectivity index (χ3v) is 7.78. The third-order valence-electron chi connectivity index (χ3n) is 6.03. The van der Waals surface area contributed by atoms with Crippen molar-refractivity contribution in [1.82, 2.24) is 4.90 Å². The van der Waals surface area contributed by atoms with Gasteiger partial charge in [-0.15, -0.1) is 0 Å². The fourth-order valence-electron chi connectivity index (χ4n) is 4.44. The average Bonchev–Trinajstić information content (AvgIpc) is 2.81. The Morgan fingerprint density at radius 3 is 2.52 bits per heavy atom. The van der Waals surface area contributed by atoms with Gasteiger partial charge in [0.25, 0.3) is 0 Å². The van der Waals surface area contributed by atoms with E-state index in [9.17, 15) is 8.42 Å². The highest BCUT2D eigenvalue weighted by Crippen LogP contribution is 2.45. The summed E-state index contributed by atoms with van der Waals surface area (Å²) in [6.07, 6.45) is 2.16. The van der Waals surface area contributed by atoms with E-state index in [4.69, 9.17) is 4.74 Å². The van der Waals surface area contributed by atoms with Crippen LogP contribution in [0.15, 0.2) is 52.3 Å². The number of likely N-dealkylation sites (N-methyl/N-ethyl adjacent to an activating group) is 1. The smallest absolute Gasteiger partial charge is 0.206 e. The van der Waals surface area contributed by atoms with Crippen LogP contribution in [0.2, 0.25) is 0 Å². The van der Waals surface area contributed by atoms with Crippen molar-refractivity contribution in [2.24, 2.45) is 0 Å². The molecule has 5 nitrogen and oxygen atoms in total. The summed E-state index contributed by atoms with van der Waals surface area (Å²) in [4.78, 5) is 5.33. The zero-order valence-corrected chi connectivity index (χ0v) is 16.9. The molecule has 2 heterocycles. The first-order valence-electron chi connectivity index (χ1n) is 9.36. The van der Waals surface area contributed by atoms with Gasteiger partial charge in [-0.3, -0.25) is 0 Å². The number of hydrogen-bond donors (Lipinski definition) is 0. The highest BCUT2D eigenvalue weighted by Gasteiger charge is 2.38. The van der Waals surface area contributed by atoms with Gasteiger partial charge in [0.15, 0.2) is 0 Å². The molecule has 1 fully saturated rings. The normalized spacial score (nSPS) is 22.9. The first-order valence-corrected chi connectivity index (χ1v) is 10.8. The van der Waals surface area contributed by atoms with Gasteiger partial charge >= 0.3 is 0 Å². The van der Waals surface area contributed by atoms with Crippen LogP contribution in [0.4, 0.5) is 5.69 Å².